The van der Waals surface area contributed by atoms with Gasteiger partial charge in [-0.2, -0.15) is 0 Å². The number of carbonyl (C=O) groups excluding carboxylic acids is 1. The van der Waals surface area contributed by atoms with Crippen molar-refractivity contribution in [1.29, 1.82) is 0 Å². The molecule has 0 spiro atoms. The molecule has 0 saturated carbocycles. The minimum Gasteiger partial charge on any atom is -0.348 e. The molecular formula is C10H16N2O. The fourth-order valence-corrected chi connectivity index (χ4v) is 1.45. The third-order valence-corrected chi connectivity index (χ3v) is 2.38. The molecule has 1 atom stereocenters. The van der Waals surface area contributed by atoms with Crippen LogP contribution in [0.1, 0.15) is 32.4 Å². The third-order valence-electron chi connectivity index (χ3n) is 2.38. The first-order valence-electron chi connectivity index (χ1n) is 4.71. The average molecular weight is 180 g/mol. The summed E-state index contributed by atoms with van der Waals surface area (Å²) in [4.78, 5) is 18.1. The maximum absolute atomic E-state index is 11.1. The molecule has 0 aliphatic rings. The highest BCUT2D eigenvalue weighted by Crippen LogP contribution is 2.12. The lowest BCUT2D eigenvalue weighted by Gasteiger charge is -2.09. The molecule has 3 heteroatoms. The predicted octanol–water partition coefficient (Wildman–Crippen LogP) is 1.96. The maximum atomic E-state index is 11.1. The van der Waals surface area contributed by atoms with Gasteiger partial charge in [0.1, 0.15) is 5.78 Å². The smallest absolute Gasteiger partial charge is 0.132 e. The number of H-pyrrole nitrogens is 1. The van der Waals surface area contributed by atoms with Gasteiger partial charge < -0.3 is 4.98 Å². The summed E-state index contributed by atoms with van der Waals surface area (Å²) < 4.78 is 0. The molecule has 0 fully saturated rings. The lowest BCUT2D eigenvalue weighted by atomic mass is 9.96. The lowest BCUT2D eigenvalue weighted by molar-refractivity contribution is -0.121. The predicted molar refractivity (Wildman–Crippen MR) is 51.4 cm³/mol. The normalized spacial score (nSPS) is 12.8. The Labute approximate surface area is 78.6 Å². The second-order valence-corrected chi connectivity index (χ2v) is 3.33. The van der Waals surface area contributed by atoms with E-state index in [0.717, 1.165) is 25.0 Å². The molecule has 0 unspecified atom stereocenters. The molecule has 1 aromatic rings. The monoisotopic (exact) mass is 180 g/mol. The van der Waals surface area contributed by atoms with Gasteiger partial charge in [-0.25, -0.2) is 4.98 Å². The van der Waals surface area contributed by atoms with Crippen LogP contribution in [0.3, 0.4) is 0 Å². The fourth-order valence-electron chi connectivity index (χ4n) is 1.45. The van der Waals surface area contributed by atoms with Crippen LogP contribution in [0.15, 0.2) is 12.5 Å². The number of rotatable bonds is 5. The van der Waals surface area contributed by atoms with Crippen LogP contribution in [-0.4, -0.2) is 15.8 Å². The van der Waals surface area contributed by atoms with Gasteiger partial charge in [0.25, 0.3) is 0 Å². The van der Waals surface area contributed by atoms with E-state index in [0.29, 0.717) is 5.78 Å². The Morgan fingerprint density at radius 3 is 2.92 bits per heavy atom. The molecule has 1 heterocycles. The number of nitrogens with one attached hydrogen (secondary N) is 1. The molecule has 0 amide bonds. The molecule has 72 valence electrons. The number of ketones is 1. The van der Waals surface area contributed by atoms with Gasteiger partial charge in [-0.1, -0.05) is 6.92 Å². The van der Waals surface area contributed by atoms with Gasteiger partial charge in [-0.15, -0.1) is 0 Å². The van der Waals surface area contributed by atoms with E-state index in [-0.39, 0.29) is 5.92 Å². The highest BCUT2D eigenvalue weighted by Gasteiger charge is 2.11. The van der Waals surface area contributed by atoms with E-state index in [1.807, 2.05) is 6.20 Å². The van der Waals surface area contributed by atoms with Crippen molar-refractivity contribution < 1.29 is 4.79 Å². The van der Waals surface area contributed by atoms with E-state index in [9.17, 15) is 4.79 Å². The van der Waals surface area contributed by atoms with E-state index in [1.54, 1.807) is 13.3 Å². The highest BCUT2D eigenvalue weighted by atomic mass is 16.1. The molecule has 1 aromatic heterocycles. The zero-order valence-corrected chi connectivity index (χ0v) is 8.21. The Hall–Kier alpha value is -1.12. The second-order valence-electron chi connectivity index (χ2n) is 3.33. The molecule has 0 bridgehead atoms. The molecule has 0 saturated heterocycles. The minimum absolute atomic E-state index is 0.211. The van der Waals surface area contributed by atoms with Gasteiger partial charge in [0.2, 0.25) is 0 Å². The SMILES string of the molecule is CC[C@H](CCc1cnc[nH]1)C(C)=O. The molecule has 0 aliphatic heterocycles. The summed E-state index contributed by atoms with van der Waals surface area (Å²) >= 11 is 0. The van der Waals surface area contributed by atoms with Crippen molar-refractivity contribution in [2.24, 2.45) is 5.92 Å². The Bertz CT molecular complexity index is 254. The number of hydrogen-bond acceptors (Lipinski definition) is 2. The molecule has 0 aromatic carbocycles. The number of imidazole rings is 1. The zero-order valence-electron chi connectivity index (χ0n) is 8.21. The Balaban J connectivity index is 2.36. The van der Waals surface area contributed by atoms with Crippen molar-refractivity contribution in [3.8, 4) is 0 Å². The van der Waals surface area contributed by atoms with E-state index in [1.165, 1.54) is 0 Å². The van der Waals surface area contributed by atoms with Crippen molar-refractivity contribution in [3.63, 3.8) is 0 Å². The zero-order chi connectivity index (χ0) is 9.68. The van der Waals surface area contributed by atoms with Crippen molar-refractivity contribution in [2.75, 3.05) is 0 Å². The largest absolute Gasteiger partial charge is 0.348 e. The van der Waals surface area contributed by atoms with E-state index in [4.69, 9.17) is 0 Å². The summed E-state index contributed by atoms with van der Waals surface area (Å²) in [6.07, 6.45) is 6.26. The van der Waals surface area contributed by atoms with Gasteiger partial charge in [-0.3, -0.25) is 4.79 Å². The molecule has 0 radical (unpaired) electrons. The van der Waals surface area contributed by atoms with Crippen molar-refractivity contribution >= 4 is 5.78 Å². The average Bonchev–Trinajstić information content (AvgIpc) is 2.57. The highest BCUT2D eigenvalue weighted by molar-refractivity contribution is 5.78. The first kappa shape index (κ1) is 9.96. The number of hydrogen-bond donors (Lipinski definition) is 1. The van der Waals surface area contributed by atoms with Gasteiger partial charge >= 0.3 is 0 Å². The molecular weight excluding hydrogens is 164 g/mol. The Kier molecular flexibility index (Phi) is 3.68. The number of aromatic nitrogens is 2. The summed E-state index contributed by atoms with van der Waals surface area (Å²) in [5.41, 5.74) is 1.11. The summed E-state index contributed by atoms with van der Waals surface area (Å²) in [5, 5.41) is 0. The maximum Gasteiger partial charge on any atom is 0.132 e. The summed E-state index contributed by atoms with van der Waals surface area (Å²) in [6, 6.07) is 0. The topological polar surface area (TPSA) is 45.8 Å². The van der Waals surface area contributed by atoms with Crippen molar-refractivity contribution in [3.05, 3.63) is 18.2 Å². The molecule has 0 aliphatic carbocycles. The van der Waals surface area contributed by atoms with Crippen molar-refractivity contribution in [1.82, 2.24) is 9.97 Å². The van der Waals surface area contributed by atoms with Crippen LogP contribution in [0.25, 0.3) is 0 Å². The molecule has 3 nitrogen and oxygen atoms in total. The van der Waals surface area contributed by atoms with E-state index >= 15 is 0 Å². The molecule has 1 rings (SSSR count). The van der Waals surface area contributed by atoms with E-state index in [2.05, 4.69) is 16.9 Å². The van der Waals surface area contributed by atoms with Crippen LogP contribution in [0.2, 0.25) is 0 Å². The van der Waals surface area contributed by atoms with E-state index < -0.39 is 0 Å². The lowest BCUT2D eigenvalue weighted by Crippen LogP contribution is -2.10. The van der Waals surface area contributed by atoms with Crippen LogP contribution >= 0.6 is 0 Å². The summed E-state index contributed by atoms with van der Waals surface area (Å²) in [5.74, 6) is 0.505. The van der Waals surface area contributed by atoms with Gasteiger partial charge in [0, 0.05) is 17.8 Å². The van der Waals surface area contributed by atoms with Crippen LogP contribution in [0.5, 0.6) is 0 Å². The van der Waals surface area contributed by atoms with Gasteiger partial charge in [0.15, 0.2) is 0 Å². The minimum atomic E-state index is 0.211. The first-order chi connectivity index (χ1) is 6.24. The Morgan fingerprint density at radius 2 is 2.46 bits per heavy atom. The van der Waals surface area contributed by atoms with Crippen LogP contribution in [0, 0.1) is 5.92 Å². The Morgan fingerprint density at radius 1 is 1.69 bits per heavy atom. The number of Topliss-reactive ketones (excluding diaryl/α,β-unsaturated/α-hetero) is 1. The molecule has 1 N–H and O–H groups in total. The number of carbonyl (C=O) groups is 1. The third kappa shape index (κ3) is 3.01. The molecule has 13 heavy (non-hydrogen) atoms. The van der Waals surface area contributed by atoms with Crippen LogP contribution in [0.4, 0.5) is 0 Å². The second kappa shape index (κ2) is 4.80. The quantitative estimate of drug-likeness (QED) is 0.752. The van der Waals surface area contributed by atoms with Crippen LogP contribution < -0.4 is 0 Å². The fraction of sp³-hybridized carbons (Fsp3) is 0.600. The summed E-state index contributed by atoms with van der Waals surface area (Å²) in [6.45, 7) is 3.72. The standard InChI is InChI=1S/C10H16N2O/c1-3-9(8(2)13)4-5-10-6-11-7-12-10/h6-7,9H,3-5H2,1-2H3,(H,11,12)/t9-/m1/s1. The number of nitrogens with zero attached hydrogens (tertiary/aromatic N) is 1. The number of aromatic amines is 1. The first-order valence-corrected chi connectivity index (χ1v) is 4.71. The van der Waals surface area contributed by atoms with Crippen LogP contribution in [-0.2, 0) is 11.2 Å². The summed E-state index contributed by atoms with van der Waals surface area (Å²) in [7, 11) is 0. The van der Waals surface area contributed by atoms with Crippen molar-refractivity contribution in [2.45, 2.75) is 33.1 Å². The van der Waals surface area contributed by atoms with Gasteiger partial charge in [0.05, 0.1) is 6.33 Å². The number of aryl methyl sites for hydroxylation is 1. The van der Waals surface area contributed by atoms with Gasteiger partial charge in [-0.05, 0) is 26.2 Å².